The Morgan fingerprint density at radius 1 is 1.40 bits per heavy atom. The predicted octanol–water partition coefficient (Wildman–Crippen LogP) is 3.88. The van der Waals surface area contributed by atoms with Crippen molar-refractivity contribution in [2.45, 2.75) is 16.6 Å². The number of ether oxygens (including phenoxy) is 1. The van der Waals surface area contributed by atoms with Crippen molar-refractivity contribution in [1.82, 2.24) is 4.98 Å². The summed E-state index contributed by atoms with van der Waals surface area (Å²) in [4.78, 5) is 4.09. The van der Waals surface area contributed by atoms with E-state index in [1.54, 1.807) is 12.3 Å². The first-order valence-electron chi connectivity index (χ1n) is 4.14. The van der Waals surface area contributed by atoms with Crippen molar-refractivity contribution in [3.8, 4) is 5.75 Å². The highest BCUT2D eigenvalue weighted by Gasteiger charge is 2.21. The van der Waals surface area contributed by atoms with Crippen molar-refractivity contribution < 1.29 is 4.74 Å². The third-order valence-electron chi connectivity index (χ3n) is 1.78. The lowest BCUT2D eigenvalue weighted by Gasteiger charge is -2.14. The molecule has 84 valence electrons. The molecule has 0 atom stereocenters. The molecule has 1 heterocycles. The molecule has 1 rings (SSSR count). The monoisotopic (exact) mass is 287 g/mol. The topological polar surface area (TPSA) is 22.1 Å². The molecule has 2 nitrogen and oxygen atoms in total. The number of pyridine rings is 1. The van der Waals surface area contributed by atoms with Crippen LogP contribution in [-0.2, 0) is 5.88 Å². The molecule has 15 heavy (non-hydrogen) atoms. The highest BCUT2D eigenvalue weighted by Crippen LogP contribution is 2.28. The maximum Gasteiger partial charge on any atom is 0.223 e. The number of aromatic nitrogens is 1. The quantitative estimate of drug-likeness (QED) is 0.788. The van der Waals surface area contributed by atoms with Crippen molar-refractivity contribution in [3.05, 3.63) is 23.5 Å². The average molecular weight is 289 g/mol. The fourth-order valence-electron chi connectivity index (χ4n) is 1.01. The maximum absolute atomic E-state index is 5.70. The lowest BCUT2D eigenvalue weighted by molar-refractivity contribution is 0.323. The summed E-state index contributed by atoms with van der Waals surface area (Å²) in [6.07, 6.45) is 1.61. The zero-order valence-electron chi connectivity index (χ0n) is 7.94. The van der Waals surface area contributed by atoms with Crippen LogP contribution in [-0.4, -0.2) is 15.4 Å². The zero-order valence-corrected chi connectivity index (χ0v) is 11.0. The fourth-order valence-corrected chi connectivity index (χ4v) is 1.44. The molecule has 0 saturated carbocycles. The summed E-state index contributed by atoms with van der Waals surface area (Å²) < 4.78 is 3.93. The van der Waals surface area contributed by atoms with Gasteiger partial charge in [-0.25, -0.2) is 0 Å². The minimum atomic E-state index is -1.42. The van der Waals surface area contributed by atoms with E-state index < -0.39 is 3.79 Å². The second-order valence-electron chi connectivity index (χ2n) is 2.92. The molecule has 0 aliphatic carbocycles. The summed E-state index contributed by atoms with van der Waals surface area (Å²) >= 11 is 22.4. The van der Waals surface area contributed by atoms with Gasteiger partial charge in [-0.3, -0.25) is 4.98 Å². The van der Waals surface area contributed by atoms with Crippen LogP contribution in [0.2, 0.25) is 0 Å². The first-order chi connectivity index (χ1) is 6.94. The van der Waals surface area contributed by atoms with Crippen LogP contribution in [0.3, 0.4) is 0 Å². The van der Waals surface area contributed by atoms with Gasteiger partial charge in [-0.05, 0) is 13.0 Å². The van der Waals surface area contributed by atoms with Gasteiger partial charge in [0.2, 0.25) is 3.79 Å². The van der Waals surface area contributed by atoms with E-state index in [0.717, 1.165) is 11.3 Å². The highest BCUT2D eigenvalue weighted by molar-refractivity contribution is 6.67. The van der Waals surface area contributed by atoms with Crippen LogP contribution in [0.5, 0.6) is 5.75 Å². The highest BCUT2D eigenvalue weighted by atomic mass is 35.6. The molecule has 0 aliphatic heterocycles. The number of hydrogen-bond acceptors (Lipinski definition) is 2. The molecule has 0 bridgehead atoms. The van der Waals surface area contributed by atoms with Gasteiger partial charge in [-0.1, -0.05) is 34.8 Å². The first-order valence-corrected chi connectivity index (χ1v) is 5.81. The van der Waals surface area contributed by atoms with Gasteiger partial charge in [0.05, 0.1) is 11.6 Å². The van der Waals surface area contributed by atoms with Crippen LogP contribution in [0.1, 0.15) is 11.3 Å². The molecule has 0 spiro atoms. The Kier molecular flexibility index (Phi) is 4.78. The van der Waals surface area contributed by atoms with Crippen molar-refractivity contribution in [2.24, 2.45) is 0 Å². The Bertz CT molecular complexity index is 337. The van der Waals surface area contributed by atoms with Gasteiger partial charge in [0.15, 0.2) is 0 Å². The molecular formula is C9H9Cl4NO. The molecule has 0 amide bonds. The minimum Gasteiger partial charge on any atom is -0.489 e. The molecule has 1 aromatic heterocycles. The molecule has 0 fully saturated rings. The van der Waals surface area contributed by atoms with Crippen LogP contribution < -0.4 is 4.74 Å². The van der Waals surface area contributed by atoms with Gasteiger partial charge >= 0.3 is 0 Å². The van der Waals surface area contributed by atoms with Crippen LogP contribution in [0.25, 0.3) is 0 Å². The minimum absolute atomic E-state index is 0.00968. The normalized spacial score (nSPS) is 11.5. The third kappa shape index (κ3) is 4.23. The van der Waals surface area contributed by atoms with E-state index >= 15 is 0 Å². The molecule has 0 aromatic carbocycles. The average Bonchev–Trinajstić information content (AvgIpc) is 2.15. The van der Waals surface area contributed by atoms with Crippen molar-refractivity contribution in [3.63, 3.8) is 0 Å². The van der Waals surface area contributed by atoms with Crippen LogP contribution in [0.4, 0.5) is 0 Å². The summed E-state index contributed by atoms with van der Waals surface area (Å²) in [5.74, 6) is 0.962. The van der Waals surface area contributed by atoms with E-state index in [1.807, 2.05) is 6.92 Å². The van der Waals surface area contributed by atoms with E-state index in [9.17, 15) is 0 Å². The fraction of sp³-hybridized carbons (Fsp3) is 0.444. The predicted molar refractivity (Wildman–Crippen MR) is 64.3 cm³/mol. The summed E-state index contributed by atoms with van der Waals surface area (Å²) in [5, 5.41) is 0. The standard InChI is InChI=1S/C9H9Cl4NO/c1-6-7(4-10)14-3-2-8(6)15-5-9(11,12)13/h2-3H,4-5H2,1H3. The van der Waals surface area contributed by atoms with Crippen molar-refractivity contribution >= 4 is 46.4 Å². The van der Waals surface area contributed by atoms with Gasteiger partial charge < -0.3 is 4.74 Å². The molecule has 0 N–H and O–H groups in total. The number of hydrogen-bond donors (Lipinski definition) is 0. The third-order valence-corrected chi connectivity index (χ3v) is 2.36. The number of nitrogens with zero attached hydrogens (tertiary/aromatic N) is 1. The molecule has 0 unspecified atom stereocenters. The molecule has 0 aliphatic rings. The second-order valence-corrected chi connectivity index (χ2v) is 5.70. The van der Waals surface area contributed by atoms with Gasteiger partial charge in [-0.15, -0.1) is 11.6 Å². The van der Waals surface area contributed by atoms with Gasteiger partial charge in [0.1, 0.15) is 12.4 Å². The Labute approximate surface area is 108 Å². The molecular weight excluding hydrogens is 280 g/mol. The van der Waals surface area contributed by atoms with Crippen molar-refractivity contribution in [2.75, 3.05) is 6.61 Å². The summed E-state index contributed by atoms with van der Waals surface area (Å²) in [6, 6.07) is 1.71. The van der Waals surface area contributed by atoms with Crippen molar-refractivity contribution in [1.29, 1.82) is 0 Å². The summed E-state index contributed by atoms with van der Waals surface area (Å²) in [6.45, 7) is 1.85. The molecule has 0 saturated heterocycles. The summed E-state index contributed by atoms with van der Waals surface area (Å²) in [7, 11) is 0. The largest absolute Gasteiger partial charge is 0.489 e. The molecule has 6 heteroatoms. The zero-order chi connectivity index (χ0) is 11.5. The number of halogens is 4. The van der Waals surface area contributed by atoms with Gasteiger partial charge in [0.25, 0.3) is 0 Å². The van der Waals surface area contributed by atoms with E-state index in [2.05, 4.69) is 4.98 Å². The van der Waals surface area contributed by atoms with Crippen LogP contribution in [0.15, 0.2) is 12.3 Å². The van der Waals surface area contributed by atoms with Gasteiger partial charge in [-0.2, -0.15) is 0 Å². The van der Waals surface area contributed by atoms with E-state index in [4.69, 9.17) is 51.1 Å². The maximum atomic E-state index is 5.70. The second kappa shape index (κ2) is 5.44. The Balaban J connectivity index is 2.78. The van der Waals surface area contributed by atoms with E-state index in [1.165, 1.54) is 0 Å². The Morgan fingerprint density at radius 3 is 2.60 bits per heavy atom. The Morgan fingerprint density at radius 2 is 2.07 bits per heavy atom. The SMILES string of the molecule is Cc1c(OCC(Cl)(Cl)Cl)ccnc1CCl. The lowest BCUT2D eigenvalue weighted by Crippen LogP contribution is -2.16. The lowest BCUT2D eigenvalue weighted by atomic mass is 10.2. The first kappa shape index (κ1) is 13.2. The summed E-state index contributed by atoms with van der Waals surface area (Å²) in [5.41, 5.74) is 1.63. The van der Waals surface area contributed by atoms with Crippen LogP contribution >= 0.6 is 46.4 Å². The van der Waals surface area contributed by atoms with E-state index in [-0.39, 0.29) is 6.61 Å². The number of rotatable bonds is 3. The number of alkyl halides is 4. The Hall–Kier alpha value is 0.110. The van der Waals surface area contributed by atoms with Crippen LogP contribution in [0, 0.1) is 6.92 Å². The smallest absolute Gasteiger partial charge is 0.223 e. The molecule has 1 aromatic rings. The van der Waals surface area contributed by atoms with E-state index in [0.29, 0.717) is 11.6 Å². The molecule has 0 radical (unpaired) electrons. The van der Waals surface area contributed by atoms with Gasteiger partial charge in [0, 0.05) is 11.8 Å².